The first kappa shape index (κ1) is 13.3. The normalized spacial score (nSPS) is 11.5. The van der Waals surface area contributed by atoms with Gasteiger partial charge in [0.25, 0.3) is 0 Å². The van der Waals surface area contributed by atoms with E-state index >= 15 is 0 Å². The molecule has 0 spiro atoms. The van der Waals surface area contributed by atoms with Crippen molar-refractivity contribution in [3.05, 3.63) is 35.4 Å². The number of Topliss-reactive ketones (excluding diaryl/α,β-unsaturated/α-hetero) is 1. The molecule has 1 atom stereocenters. The molecule has 0 saturated carbocycles. The van der Waals surface area contributed by atoms with Gasteiger partial charge in [0.05, 0.1) is 0 Å². The monoisotopic (exact) mass is 240 g/mol. The number of hydrogen-bond acceptors (Lipinski definition) is 3. The second-order valence-electron chi connectivity index (χ2n) is 3.00. The molecular formula is C12H10F2O3. The average molecular weight is 240 g/mol. The van der Waals surface area contributed by atoms with E-state index in [9.17, 15) is 13.6 Å². The Morgan fingerprint density at radius 2 is 2.06 bits per heavy atom. The highest BCUT2D eigenvalue weighted by atomic mass is 19.1. The van der Waals surface area contributed by atoms with Crippen LogP contribution in [0.3, 0.4) is 0 Å². The van der Waals surface area contributed by atoms with E-state index in [2.05, 4.69) is 4.74 Å². The maximum absolute atomic E-state index is 13.2. The van der Waals surface area contributed by atoms with Crippen molar-refractivity contribution in [2.75, 3.05) is 6.61 Å². The van der Waals surface area contributed by atoms with Gasteiger partial charge in [-0.2, -0.15) is 0 Å². The van der Waals surface area contributed by atoms with Crippen LogP contribution >= 0.6 is 0 Å². The lowest BCUT2D eigenvalue weighted by Gasteiger charge is -2.01. The number of ketones is 1. The summed E-state index contributed by atoms with van der Waals surface area (Å²) in [6.07, 6.45) is -1.45. The largest absolute Gasteiger partial charge is 0.358 e. The van der Waals surface area contributed by atoms with Gasteiger partial charge in [-0.3, -0.25) is 4.79 Å². The molecule has 0 aliphatic carbocycles. The molecule has 1 aromatic rings. The third kappa shape index (κ3) is 3.63. The second kappa shape index (κ2) is 6.09. The minimum Gasteiger partial charge on any atom is -0.358 e. The minimum atomic E-state index is -1.45. The summed E-state index contributed by atoms with van der Waals surface area (Å²) in [6, 6.07) is 3.05. The van der Waals surface area contributed by atoms with Gasteiger partial charge in [0, 0.05) is 6.61 Å². The second-order valence-corrected chi connectivity index (χ2v) is 3.00. The maximum Gasteiger partial charge on any atom is 0.241 e. The molecule has 0 bridgehead atoms. The van der Waals surface area contributed by atoms with Crippen molar-refractivity contribution in [1.29, 1.82) is 0 Å². The number of carbonyl (C=O) groups is 1. The standard InChI is InChI=1S/C12H10F2O3/c1-2-17-11(16)7-6-10(15)12-8(13)4-3-5-9(12)14/h3-5,11,16H,2H2,1H3. The topological polar surface area (TPSA) is 46.5 Å². The first-order valence-corrected chi connectivity index (χ1v) is 4.85. The van der Waals surface area contributed by atoms with Crippen LogP contribution in [0.5, 0.6) is 0 Å². The van der Waals surface area contributed by atoms with Crippen molar-refractivity contribution in [2.45, 2.75) is 13.2 Å². The van der Waals surface area contributed by atoms with Crippen LogP contribution in [0.1, 0.15) is 17.3 Å². The number of rotatable bonds is 3. The maximum atomic E-state index is 13.2. The Labute approximate surface area is 97.0 Å². The Balaban J connectivity index is 2.91. The molecule has 1 unspecified atom stereocenters. The quantitative estimate of drug-likeness (QED) is 0.377. The van der Waals surface area contributed by atoms with Gasteiger partial charge >= 0.3 is 0 Å². The van der Waals surface area contributed by atoms with E-state index in [-0.39, 0.29) is 6.61 Å². The fourth-order valence-electron chi connectivity index (χ4n) is 1.10. The van der Waals surface area contributed by atoms with E-state index in [1.54, 1.807) is 6.92 Å². The smallest absolute Gasteiger partial charge is 0.241 e. The van der Waals surface area contributed by atoms with Crippen molar-refractivity contribution in [2.24, 2.45) is 0 Å². The highest BCUT2D eigenvalue weighted by Crippen LogP contribution is 2.12. The predicted octanol–water partition coefficient (Wildman–Crippen LogP) is 1.51. The summed E-state index contributed by atoms with van der Waals surface area (Å²) in [5, 5.41) is 9.05. The van der Waals surface area contributed by atoms with Gasteiger partial charge in [-0.25, -0.2) is 8.78 Å². The van der Waals surface area contributed by atoms with Crippen molar-refractivity contribution in [3.8, 4) is 11.8 Å². The molecule has 0 heterocycles. The first-order valence-electron chi connectivity index (χ1n) is 4.85. The van der Waals surface area contributed by atoms with Crippen molar-refractivity contribution < 1.29 is 23.4 Å². The van der Waals surface area contributed by atoms with Gasteiger partial charge in [-0.05, 0) is 30.9 Å². The third-order valence-electron chi connectivity index (χ3n) is 1.82. The Bertz CT molecular complexity index is 454. The summed E-state index contributed by atoms with van der Waals surface area (Å²) < 4.78 is 30.9. The van der Waals surface area contributed by atoms with E-state index in [1.165, 1.54) is 0 Å². The van der Waals surface area contributed by atoms with Crippen LogP contribution in [0.25, 0.3) is 0 Å². The molecule has 0 aliphatic rings. The first-order chi connectivity index (χ1) is 8.06. The molecule has 0 fully saturated rings. The summed E-state index contributed by atoms with van der Waals surface area (Å²) in [5.41, 5.74) is -0.733. The molecular weight excluding hydrogens is 230 g/mol. The van der Waals surface area contributed by atoms with E-state index in [4.69, 9.17) is 5.11 Å². The molecule has 3 nitrogen and oxygen atoms in total. The molecule has 0 radical (unpaired) electrons. The molecule has 0 amide bonds. The van der Waals surface area contributed by atoms with Crippen LogP contribution < -0.4 is 0 Å². The number of aliphatic hydroxyl groups is 1. The number of halogens is 2. The number of benzene rings is 1. The molecule has 5 heteroatoms. The van der Waals surface area contributed by atoms with Crippen molar-refractivity contribution in [1.82, 2.24) is 0 Å². The lowest BCUT2D eigenvalue weighted by Crippen LogP contribution is -2.10. The van der Waals surface area contributed by atoms with Crippen LogP contribution in [-0.4, -0.2) is 23.8 Å². The van der Waals surface area contributed by atoms with E-state index < -0.39 is 29.3 Å². The van der Waals surface area contributed by atoms with E-state index in [0.29, 0.717) is 0 Å². The molecule has 0 aromatic heterocycles. The van der Waals surface area contributed by atoms with E-state index in [0.717, 1.165) is 18.2 Å². The zero-order valence-corrected chi connectivity index (χ0v) is 9.04. The fourth-order valence-corrected chi connectivity index (χ4v) is 1.10. The molecule has 1 rings (SSSR count). The van der Waals surface area contributed by atoms with Gasteiger partial charge in [-0.1, -0.05) is 6.07 Å². The van der Waals surface area contributed by atoms with Crippen LogP contribution in [0, 0.1) is 23.5 Å². The Hall–Kier alpha value is -1.77. The summed E-state index contributed by atoms with van der Waals surface area (Å²) in [5.74, 6) is 0.935. The Morgan fingerprint density at radius 3 is 2.59 bits per heavy atom. The van der Waals surface area contributed by atoms with Crippen LogP contribution in [0.4, 0.5) is 8.78 Å². The minimum absolute atomic E-state index is 0.206. The van der Waals surface area contributed by atoms with Crippen LogP contribution in [0.2, 0.25) is 0 Å². The number of ether oxygens (including phenoxy) is 1. The Morgan fingerprint density at radius 1 is 1.47 bits per heavy atom. The molecule has 1 aromatic carbocycles. The summed E-state index contributed by atoms with van der Waals surface area (Å²) in [4.78, 5) is 11.4. The van der Waals surface area contributed by atoms with Crippen LogP contribution in [-0.2, 0) is 4.74 Å². The Kier molecular flexibility index (Phi) is 4.76. The summed E-state index contributed by atoms with van der Waals surface area (Å²) in [7, 11) is 0. The van der Waals surface area contributed by atoms with Gasteiger partial charge in [-0.15, -0.1) is 0 Å². The summed E-state index contributed by atoms with van der Waals surface area (Å²) in [6.45, 7) is 1.83. The zero-order chi connectivity index (χ0) is 12.8. The molecule has 17 heavy (non-hydrogen) atoms. The van der Waals surface area contributed by atoms with Gasteiger partial charge < -0.3 is 9.84 Å². The predicted molar refractivity (Wildman–Crippen MR) is 56.1 cm³/mol. The average Bonchev–Trinajstić information content (AvgIpc) is 2.26. The zero-order valence-electron chi connectivity index (χ0n) is 9.04. The van der Waals surface area contributed by atoms with Gasteiger partial charge in [0.1, 0.15) is 17.2 Å². The lowest BCUT2D eigenvalue weighted by molar-refractivity contribution is -0.0515. The molecule has 90 valence electrons. The number of carbonyl (C=O) groups excluding carboxylic acids is 1. The van der Waals surface area contributed by atoms with Gasteiger partial charge in [0.2, 0.25) is 12.1 Å². The van der Waals surface area contributed by atoms with Crippen molar-refractivity contribution >= 4 is 5.78 Å². The highest BCUT2D eigenvalue weighted by Gasteiger charge is 2.14. The van der Waals surface area contributed by atoms with E-state index in [1.807, 2.05) is 11.8 Å². The molecule has 1 N–H and O–H groups in total. The SMILES string of the molecule is CCOC(O)C#CC(=O)c1c(F)cccc1F. The highest BCUT2D eigenvalue weighted by molar-refractivity contribution is 6.09. The lowest BCUT2D eigenvalue weighted by atomic mass is 10.1. The van der Waals surface area contributed by atoms with Crippen molar-refractivity contribution in [3.63, 3.8) is 0 Å². The fraction of sp³-hybridized carbons (Fsp3) is 0.250. The molecule has 0 saturated heterocycles. The number of aliphatic hydroxyl groups excluding tert-OH is 1. The number of hydrogen-bond donors (Lipinski definition) is 1. The summed E-state index contributed by atoms with van der Waals surface area (Å²) >= 11 is 0. The third-order valence-corrected chi connectivity index (χ3v) is 1.82. The van der Waals surface area contributed by atoms with Crippen LogP contribution in [0.15, 0.2) is 18.2 Å². The molecule has 0 aliphatic heterocycles. The van der Waals surface area contributed by atoms with Gasteiger partial charge in [0.15, 0.2) is 0 Å².